The average molecular weight is 442 g/mol. The molecule has 0 spiro atoms. The molecule has 2 aromatic carbocycles. The molecular weight excluding hydrogens is 421 g/mol. The molecule has 1 aliphatic rings. The zero-order chi connectivity index (χ0) is 21.4. The lowest BCUT2D eigenvalue weighted by Gasteiger charge is -2.36. The van der Waals surface area contributed by atoms with Crippen LogP contribution in [0.15, 0.2) is 48.8 Å². The molecule has 0 radical (unpaired) electrons. The van der Waals surface area contributed by atoms with Gasteiger partial charge in [0.15, 0.2) is 5.65 Å². The number of aromatic nitrogens is 3. The van der Waals surface area contributed by atoms with Crippen molar-refractivity contribution >= 4 is 28.2 Å². The van der Waals surface area contributed by atoms with Gasteiger partial charge in [-0.3, -0.25) is 4.40 Å². The minimum Gasteiger partial charge on any atom is -0.489 e. The monoisotopic (exact) mass is 441 g/mol. The molecule has 0 atom stereocenters. The van der Waals surface area contributed by atoms with Gasteiger partial charge in [-0.25, -0.2) is 4.39 Å². The minimum atomic E-state index is -0.557. The summed E-state index contributed by atoms with van der Waals surface area (Å²) in [5.41, 5.74) is 2.69. The van der Waals surface area contributed by atoms with Crippen LogP contribution in [0.2, 0.25) is 5.02 Å². The molecule has 1 fully saturated rings. The Labute approximate surface area is 183 Å². The maximum Gasteiger partial charge on any atom is 0.162 e. The summed E-state index contributed by atoms with van der Waals surface area (Å²) in [5, 5.41) is 9.53. The van der Waals surface area contributed by atoms with Crippen LogP contribution in [0.4, 0.5) is 4.39 Å². The Morgan fingerprint density at radius 3 is 2.81 bits per heavy atom. The normalized spacial score (nSPS) is 16.1. The molecule has 0 bridgehead atoms. The lowest BCUT2D eigenvalue weighted by molar-refractivity contribution is -0.0950. The van der Waals surface area contributed by atoms with Crippen molar-refractivity contribution in [1.82, 2.24) is 14.6 Å². The van der Waals surface area contributed by atoms with E-state index >= 15 is 0 Å². The molecule has 0 unspecified atom stereocenters. The van der Waals surface area contributed by atoms with Gasteiger partial charge in [0, 0.05) is 50.7 Å². The number of pyridine rings is 1. The second-order valence-corrected chi connectivity index (χ2v) is 8.09. The number of methoxy groups -OCH3 is 1. The van der Waals surface area contributed by atoms with Gasteiger partial charge in [-0.2, -0.15) is 0 Å². The Kier molecular flexibility index (Phi) is 5.25. The zero-order valence-corrected chi connectivity index (χ0v) is 17.7. The summed E-state index contributed by atoms with van der Waals surface area (Å²) in [7, 11) is 1.66. The predicted molar refractivity (Wildman–Crippen MR) is 115 cm³/mol. The molecule has 0 aliphatic carbocycles. The number of nitrogens with zero attached hydrogens (tertiary/aromatic N) is 3. The van der Waals surface area contributed by atoms with Gasteiger partial charge in [0.25, 0.3) is 0 Å². The van der Waals surface area contributed by atoms with Crippen LogP contribution in [0, 0.1) is 5.82 Å². The van der Waals surface area contributed by atoms with Crippen molar-refractivity contribution in [3.8, 4) is 5.75 Å². The summed E-state index contributed by atoms with van der Waals surface area (Å²) in [6, 6.07) is 12.4. The molecule has 5 rings (SSSR count). The van der Waals surface area contributed by atoms with E-state index in [0.29, 0.717) is 42.5 Å². The largest absolute Gasteiger partial charge is 0.489 e. The Morgan fingerprint density at radius 2 is 2.00 bits per heavy atom. The third-order valence-electron chi connectivity index (χ3n) is 5.90. The van der Waals surface area contributed by atoms with Gasteiger partial charge in [0.2, 0.25) is 0 Å². The highest BCUT2D eigenvalue weighted by molar-refractivity contribution is 6.35. The van der Waals surface area contributed by atoms with Gasteiger partial charge < -0.3 is 14.2 Å². The number of ether oxygens (including phenoxy) is 3. The van der Waals surface area contributed by atoms with Crippen LogP contribution in [-0.4, -0.2) is 34.9 Å². The van der Waals surface area contributed by atoms with Gasteiger partial charge >= 0.3 is 0 Å². The van der Waals surface area contributed by atoms with Gasteiger partial charge in [0.1, 0.15) is 24.5 Å². The second kappa shape index (κ2) is 8.07. The first-order chi connectivity index (χ1) is 15.1. The van der Waals surface area contributed by atoms with Crippen molar-refractivity contribution in [3.05, 3.63) is 70.8 Å². The molecule has 0 amide bonds. The van der Waals surface area contributed by atoms with E-state index in [0.717, 1.165) is 22.0 Å². The summed E-state index contributed by atoms with van der Waals surface area (Å²) in [5.74, 6) is 0.102. The molecule has 1 saturated heterocycles. The summed E-state index contributed by atoms with van der Waals surface area (Å²) < 4.78 is 33.5. The summed E-state index contributed by atoms with van der Waals surface area (Å²) in [6.07, 6.45) is 3.00. The summed E-state index contributed by atoms with van der Waals surface area (Å²) >= 11 is 6.38. The van der Waals surface area contributed by atoms with E-state index in [4.69, 9.17) is 25.8 Å². The third kappa shape index (κ3) is 3.73. The van der Waals surface area contributed by atoms with E-state index in [2.05, 4.69) is 10.2 Å². The third-order valence-corrected chi connectivity index (χ3v) is 6.22. The van der Waals surface area contributed by atoms with Crippen molar-refractivity contribution in [2.75, 3.05) is 20.3 Å². The molecule has 4 aromatic rings. The fraction of sp³-hybridized carbons (Fsp3) is 0.304. The van der Waals surface area contributed by atoms with Crippen molar-refractivity contribution in [1.29, 1.82) is 0 Å². The Bertz CT molecular complexity index is 1250. The van der Waals surface area contributed by atoms with Crippen LogP contribution in [0.3, 0.4) is 0 Å². The first-order valence-corrected chi connectivity index (χ1v) is 10.4. The highest BCUT2D eigenvalue weighted by Gasteiger charge is 2.35. The molecule has 6 nitrogen and oxygen atoms in total. The van der Waals surface area contributed by atoms with Crippen LogP contribution < -0.4 is 4.74 Å². The molecule has 2 aromatic heterocycles. The standard InChI is InChI=1S/C23H21ClFN3O3/c1-29-23(4-6-30-7-5-23)16-9-17(25)11-18(10-16)31-13-15-2-3-19-20(24)12-22-27-26-14-28(22)21(19)8-15/h2-3,8-12,14H,4-7,13H2,1H3. The fourth-order valence-electron chi connectivity index (χ4n) is 4.17. The molecule has 0 saturated carbocycles. The number of hydrogen-bond acceptors (Lipinski definition) is 5. The zero-order valence-electron chi connectivity index (χ0n) is 17.0. The van der Waals surface area contributed by atoms with Crippen LogP contribution in [-0.2, 0) is 21.7 Å². The number of benzene rings is 2. The maximum atomic E-state index is 14.4. The number of hydrogen-bond donors (Lipinski definition) is 0. The predicted octanol–water partition coefficient (Wildman–Crippen LogP) is 4.91. The van der Waals surface area contributed by atoms with E-state index in [1.54, 1.807) is 19.5 Å². The first-order valence-electron chi connectivity index (χ1n) is 10.1. The maximum absolute atomic E-state index is 14.4. The van der Waals surface area contributed by atoms with Gasteiger partial charge in [0.05, 0.1) is 16.1 Å². The second-order valence-electron chi connectivity index (χ2n) is 7.68. The molecule has 160 valence electrons. The topological polar surface area (TPSA) is 57.9 Å². The molecule has 1 aliphatic heterocycles. The summed E-state index contributed by atoms with van der Waals surface area (Å²) in [6.45, 7) is 1.44. The number of fused-ring (bicyclic) bond motifs is 3. The van der Waals surface area contributed by atoms with E-state index < -0.39 is 5.60 Å². The molecule has 8 heteroatoms. The van der Waals surface area contributed by atoms with Crippen LogP contribution >= 0.6 is 11.6 Å². The van der Waals surface area contributed by atoms with Crippen molar-refractivity contribution in [2.45, 2.75) is 25.0 Å². The van der Waals surface area contributed by atoms with E-state index in [9.17, 15) is 4.39 Å². The molecule has 3 heterocycles. The minimum absolute atomic E-state index is 0.276. The number of rotatable bonds is 5. The Morgan fingerprint density at radius 1 is 1.16 bits per heavy atom. The van der Waals surface area contributed by atoms with Crippen molar-refractivity contribution in [3.63, 3.8) is 0 Å². The van der Waals surface area contributed by atoms with E-state index in [1.165, 1.54) is 12.1 Å². The molecule has 0 N–H and O–H groups in total. The van der Waals surface area contributed by atoms with Crippen molar-refractivity contribution in [2.24, 2.45) is 0 Å². The SMILES string of the molecule is COC1(c2cc(F)cc(OCc3ccc4c(Cl)cc5nncn5c4c3)c2)CCOCC1. The lowest BCUT2D eigenvalue weighted by atomic mass is 9.86. The quantitative estimate of drug-likeness (QED) is 0.440. The van der Waals surface area contributed by atoms with E-state index in [1.807, 2.05) is 28.7 Å². The van der Waals surface area contributed by atoms with E-state index in [-0.39, 0.29) is 12.4 Å². The lowest BCUT2D eigenvalue weighted by Crippen LogP contribution is -2.35. The first kappa shape index (κ1) is 20.2. The van der Waals surface area contributed by atoms with Crippen molar-refractivity contribution < 1.29 is 18.6 Å². The highest BCUT2D eigenvalue weighted by Crippen LogP contribution is 2.37. The summed E-state index contributed by atoms with van der Waals surface area (Å²) in [4.78, 5) is 0. The number of halogens is 2. The molecular formula is C23H21ClFN3O3. The van der Waals surface area contributed by atoms with Gasteiger partial charge in [-0.05, 0) is 29.3 Å². The van der Waals surface area contributed by atoms with Gasteiger partial charge in [-0.1, -0.05) is 23.7 Å². The van der Waals surface area contributed by atoms with Crippen LogP contribution in [0.1, 0.15) is 24.0 Å². The highest BCUT2D eigenvalue weighted by atomic mass is 35.5. The smallest absolute Gasteiger partial charge is 0.162 e. The van der Waals surface area contributed by atoms with Crippen LogP contribution in [0.25, 0.3) is 16.6 Å². The fourth-order valence-corrected chi connectivity index (χ4v) is 4.43. The van der Waals surface area contributed by atoms with Gasteiger partial charge in [-0.15, -0.1) is 10.2 Å². The Balaban J connectivity index is 1.43. The molecule has 31 heavy (non-hydrogen) atoms. The van der Waals surface area contributed by atoms with Crippen LogP contribution in [0.5, 0.6) is 5.75 Å². The average Bonchev–Trinajstić information content (AvgIpc) is 3.26. The Hall–Kier alpha value is -2.74.